The fraction of sp³-hybridized carbons (Fsp3) is 0.429. The first kappa shape index (κ1) is 19.6. The number of benzene rings is 1. The van der Waals surface area contributed by atoms with Crippen molar-refractivity contribution in [3.05, 3.63) is 46.7 Å². The number of nitrogens with two attached hydrogens (primary N) is 1. The summed E-state index contributed by atoms with van der Waals surface area (Å²) in [7, 11) is 1.78. The number of fused-ring (bicyclic) bond motifs is 1. The Labute approximate surface area is 165 Å². The summed E-state index contributed by atoms with van der Waals surface area (Å²) in [6.45, 7) is 7.18. The van der Waals surface area contributed by atoms with Crippen LogP contribution in [0.3, 0.4) is 0 Å². The average molecular weight is 388 g/mol. The van der Waals surface area contributed by atoms with Gasteiger partial charge in [0.05, 0.1) is 22.8 Å². The van der Waals surface area contributed by atoms with Gasteiger partial charge in [-0.15, -0.1) is 0 Å². The minimum atomic E-state index is -0.418. The number of pyridine rings is 1. The van der Waals surface area contributed by atoms with Crippen LogP contribution in [0.15, 0.2) is 30.5 Å². The van der Waals surface area contributed by atoms with Crippen molar-refractivity contribution in [3.8, 4) is 16.9 Å². The molecule has 27 heavy (non-hydrogen) atoms. The molecule has 1 aliphatic rings. The Morgan fingerprint density at radius 2 is 2.11 bits per heavy atom. The highest BCUT2D eigenvalue weighted by Crippen LogP contribution is 2.35. The zero-order valence-corrected chi connectivity index (χ0v) is 17.0. The van der Waals surface area contributed by atoms with Crippen LogP contribution in [0, 0.1) is 5.92 Å². The molecule has 1 atom stereocenters. The SMILES string of the molecule is CC(C)C[C@](C)(N)COc1ccc(-c2ccnc3c2C(=O)N(C)C3)cc1Cl. The van der Waals surface area contributed by atoms with Crippen molar-refractivity contribution in [2.45, 2.75) is 39.3 Å². The number of ether oxygens (including phenoxy) is 1. The molecule has 6 heteroatoms. The Bertz CT molecular complexity index is 865. The minimum absolute atomic E-state index is 0.0165. The van der Waals surface area contributed by atoms with E-state index < -0.39 is 5.54 Å². The molecule has 0 saturated carbocycles. The molecule has 2 N–H and O–H groups in total. The molecule has 2 heterocycles. The van der Waals surface area contributed by atoms with Crippen LogP contribution in [-0.2, 0) is 6.54 Å². The Morgan fingerprint density at radius 3 is 2.78 bits per heavy atom. The third-order valence-corrected chi connectivity index (χ3v) is 4.95. The molecule has 0 aliphatic carbocycles. The van der Waals surface area contributed by atoms with E-state index in [1.54, 1.807) is 18.1 Å². The number of halogens is 1. The lowest BCUT2D eigenvalue weighted by molar-refractivity contribution is 0.0817. The molecule has 0 bridgehead atoms. The van der Waals surface area contributed by atoms with Crippen LogP contribution in [0.4, 0.5) is 0 Å². The van der Waals surface area contributed by atoms with Gasteiger partial charge in [-0.3, -0.25) is 9.78 Å². The lowest BCUT2D eigenvalue weighted by Crippen LogP contribution is -2.43. The number of hydrogen-bond donors (Lipinski definition) is 1. The largest absolute Gasteiger partial charge is 0.490 e. The first-order valence-corrected chi connectivity index (χ1v) is 9.51. The number of carbonyl (C=O) groups is 1. The molecule has 0 saturated heterocycles. The Kier molecular flexibility index (Phi) is 5.45. The second-order valence-electron chi connectivity index (χ2n) is 8.03. The maximum absolute atomic E-state index is 12.5. The van der Waals surface area contributed by atoms with Crippen molar-refractivity contribution in [1.82, 2.24) is 9.88 Å². The Morgan fingerprint density at radius 1 is 1.37 bits per heavy atom. The van der Waals surface area contributed by atoms with Gasteiger partial charge in [-0.1, -0.05) is 31.5 Å². The second-order valence-corrected chi connectivity index (χ2v) is 8.43. The molecule has 1 amide bonds. The van der Waals surface area contributed by atoms with E-state index >= 15 is 0 Å². The van der Waals surface area contributed by atoms with Gasteiger partial charge in [-0.05, 0) is 48.6 Å². The van der Waals surface area contributed by atoms with Crippen LogP contribution >= 0.6 is 11.6 Å². The van der Waals surface area contributed by atoms with Crippen molar-refractivity contribution < 1.29 is 9.53 Å². The monoisotopic (exact) mass is 387 g/mol. The molecule has 1 aromatic carbocycles. The van der Waals surface area contributed by atoms with Crippen LogP contribution in [0.25, 0.3) is 11.1 Å². The Balaban J connectivity index is 1.83. The van der Waals surface area contributed by atoms with Gasteiger partial charge in [0.2, 0.25) is 0 Å². The summed E-state index contributed by atoms with van der Waals surface area (Å²) < 4.78 is 5.88. The summed E-state index contributed by atoms with van der Waals surface area (Å²) in [5, 5.41) is 0.497. The molecule has 3 rings (SSSR count). The summed E-state index contributed by atoms with van der Waals surface area (Å²) in [5.41, 5.74) is 9.04. The van der Waals surface area contributed by atoms with Crippen LogP contribution in [-0.4, -0.2) is 35.0 Å². The molecule has 0 spiro atoms. The molecule has 144 valence electrons. The average Bonchev–Trinajstić information content (AvgIpc) is 2.87. The van der Waals surface area contributed by atoms with E-state index in [2.05, 4.69) is 18.8 Å². The topological polar surface area (TPSA) is 68.5 Å². The van der Waals surface area contributed by atoms with Crippen LogP contribution in [0.1, 0.15) is 43.2 Å². The van der Waals surface area contributed by atoms with E-state index in [4.69, 9.17) is 22.1 Å². The zero-order chi connectivity index (χ0) is 19.8. The van der Waals surface area contributed by atoms with Crippen molar-refractivity contribution in [1.29, 1.82) is 0 Å². The molecule has 2 aromatic rings. The lowest BCUT2D eigenvalue weighted by Gasteiger charge is -2.27. The summed E-state index contributed by atoms with van der Waals surface area (Å²) in [6, 6.07) is 7.42. The second kappa shape index (κ2) is 7.49. The van der Waals surface area contributed by atoms with Crippen molar-refractivity contribution in [2.24, 2.45) is 11.7 Å². The maximum Gasteiger partial charge on any atom is 0.256 e. The smallest absolute Gasteiger partial charge is 0.256 e. The summed E-state index contributed by atoms with van der Waals surface area (Å²) in [6.07, 6.45) is 2.59. The predicted molar refractivity (Wildman–Crippen MR) is 108 cm³/mol. The number of amides is 1. The predicted octanol–water partition coefficient (Wildman–Crippen LogP) is 4.13. The molecule has 0 unspecified atom stereocenters. The fourth-order valence-electron chi connectivity index (χ4n) is 3.61. The van der Waals surface area contributed by atoms with E-state index in [1.165, 1.54) is 0 Å². The van der Waals surface area contributed by atoms with Gasteiger partial charge in [-0.2, -0.15) is 0 Å². The van der Waals surface area contributed by atoms with Crippen LogP contribution < -0.4 is 10.5 Å². The molecule has 0 radical (unpaired) electrons. The molecule has 5 nitrogen and oxygen atoms in total. The minimum Gasteiger partial charge on any atom is -0.490 e. The first-order valence-electron chi connectivity index (χ1n) is 9.13. The van der Waals surface area contributed by atoms with Gasteiger partial charge < -0.3 is 15.4 Å². The molecule has 0 fully saturated rings. The quantitative estimate of drug-likeness (QED) is 0.809. The van der Waals surface area contributed by atoms with Gasteiger partial charge in [0.1, 0.15) is 12.4 Å². The lowest BCUT2D eigenvalue weighted by atomic mass is 9.93. The normalized spacial score (nSPS) is 15.8. The van der Waals surface area contributed by atoms with Gasteiger partial charge in [0, 0.05) is 18.8 Å². The number of nitrogens with zero attached hydrogens (tertiary/aromatic N) is 2. The summed E-state index contributed by atoms with van der Waals surface area (Å²) in [4.78, 5) is 18.5. The third kappa shape index (κ3) is 4.25. The van der Waals surface area contributed by atoms with E-state index in [-0.39, 0.29) is 5.91 Å². The highest BCUT2D eigenvalue weighted by atomic mass is 35.5. The van der Waals surface area contributed by atoms with Gasteiger partial charge in [-0.25, -0.2) is 0 Å². The van der Waals surface area contributed by atoms with E-state index in [0.717, 1.165) is 23.2 Å². The zero-order valence-electron chi connectivity index (χ0n) is 16.3. The maximum atomic E-state index is 12.5. The standard InChI is InChI=1S/C21H26ClN3O2/c1-13(2)10-21(3,23)12-27-18-6-5-14(9-16(18)22)15-7-8-24-17-11-25(4)20(26)19(15)17/h5-9,13H,10-12,23H2,1-4H3/t21-/m0/s1. The molecular weight excluding hydrogens is 362 g/mol. The third-order valence-electron chi connectivity index (χ3n) is 4.65. The summed E-state index contributed by atoms with van der Waals surface area (Å²) >= 11 is 6.45. The molecule has 1 aromatic heterocycles. The Hall–Kier alpha value is -2.11. The summed E-state index contributed by atoms with van der Waals surface area (Å²) in [5.74, 6) is 1.07. The van der Waals surface area contributed by atoms with Gasteiger partial charge in [0.25, 0.3) is 5.91 Å². The highest BCUT2D eigenvalue weighted by Gasteiger charge is 2.29. The number of carbonyl (C=O) groups excluding carboxylic acids is 1. The number of hydrogen-bond acceptors (Lipinski definition) is 4. The van der Waals surface area contributed by atoms with Crippen LogP contribution in [0.5, 0.6) is 5.75 Å². The molecule has 1 aliphatic heterocycles. The number of aromatic nitrogens is 1. The number of rotatable bonds is 6. The highest BCUT2D eigenvalue weighted by molar-refractivity contribution is 6.32. The van der Waals surface area contributed by atoms with E-state index in [0.29, 0.717) is 35.4 Å². The van der Waals surface area contributed by atoms with Crippen LogP contribution in [0.2, 0.25) is 5.02 Å². The first-order chi connectivity index (χ1) is 12.7. The van der Waals surface area contributed by atoms with Crippen molar-refractivity contribution in [3.63, 3.8) is 0 Å². The van der Waals surface area contributed by atoms with Crippen molar-refractivity contribution in [2.75, 3.05) is 13.7 Å². The van der Waals surface area contributed by atoms with Gasteiger partial charge in [0.15, 0.2) is 0 Å². The van der Waals surface area contributed by atoms with E-state index in [9.17, 15) is 4.79 Å². The molecular formula is C21H26ClN3O2. The fourth-order valence-corrected chi connectivity index (χ4v) is 3.85. The van der Waals surface area contributed by atoms with Gasteiger partial charge >= 0.3 is 0 Å². The van der Waals surface area contributed by atoms with Crippen molar-refractivity contribution >= 4 is 17.5 Å². The van der Waals surface area contributed by atoms with E-state index in [1.807, 2.05) is 31.2 Å².